The SMILES string of the molecule is CN1C(=O)C(=Cc2ccc3c(c2)C2(c4ccccc4-c4ccccc42)c2cc(C=C4C(=O)N(C)C(=O)N(C)C4=O)ccc2-3)C(=O)N(C)C1=O. The largest absolute Gasteiger partial charge is 0.333 e. The monoisotopic (exact) mass is 648 g/mol. The smallest absolute Gasteiger partial charge is 0.268 e. The fourth-order valence-corrected chi connectivity index (χ4v) is 7.64. The quantitative estimate of drug-likeness (QED) is 0.195. The van der Waals surface area contributed by atoms with Gasteiger partial charge in [0.2, 0.25) is 0 Å². The van der Waals surface area contributed by atoms with Crippen LogP contribution >= 0.6 is 0 Å². The van der Waals surface area contributed by atoms with E-state index in [1.54, 1.807) is 0 Å². The summed E-state index contributed by atoms with van der Waals surface area (Å²) in [7, 11) is 5.38. The minimum atomic E-state index is -0.824. The van der Waals surface area contributed by atoms with Gasteiger partial charge in [-0.05, 0) is 79.9 Å². The Morgan fingerprint density at radius 2 is 0.755 bits per heavy atom. The van der Waals surface area contributed by atoms with E-state index in [4.69, 9.17) is 0 Å². The minimum absolute atomic E-state index is 0.120. The van der Waals surface area contributed by atoms with Crippen LogP contribution in [0.3, 0.4) is 0 Å². The molecule has 0 aromatic heterocycles. The summed E-state index contributed by atoms with van der Waals surface area (Å²) < 4.78 is 0. The van der Waals surface area contributed by atoms with Gasteiger partial charge in [-0.25, -0.2) is 9.59 Å². The van der Waals surface area contributed by atoms with Gasteiger partial charge < -0.3 is 0 Å². The normalized spacial score (nSPS) is 17.6. The number of urea groups is 2. The Morgan fingerprint density at radius 3 is 1.12 bits per heavy atom. The molecule has 49 heavy (non-hydrogen) atoms. The molecule has 2 aliphatic heterocycles. The molecule has 10 nitrogen and oxygen atoms in total. The Morgan fingerprint density at radius 1 is 0.429 bits per heavy atom. The van der Waals surface area contributed by atoms with Gasteiger partial charge in [0, 0.05) is 28.2 Å². The van der Waals surface area contributed by atoms with Gasteiger partial charge >= 0.3 is 12.1 Å². The number of hydrogen-bond donors (Lipinski definition) is 0. The number of benzene rings is 4. The summed E-state index contributed by atoms with van der Waals surface area (Å²) in [4.78, 5) is 80.9. The van der Waals surface area contributed by atoms with Crippen LogP contribution in [0.2, 0.25) is 0 Å². The molecule has 0 unspecified atom stereocenters. The van der Waals surface area contributed by atoms with Gasteiger partial charge in [-0.2, -0.15) is 0 Å². The first-order valence-electron chi connectivity index (χ1n) is 15.6. The van der Waals surface area contributed by atoms with Crippen molar-refractivity contribution in [3.8, 4) is 22.3 Å². The van der Waals surface area contributed by atoms with Crippen LogP contribution < -0.4 is 0 Å². The van der Waals surface area contributed by atoms with Gasteiger partial charge in [-0.1, -0.05) is 72.8 Å². The second kappa shape index (κ2) is 10.3. The summed E-state index contributed by atoms with van der Waals surface area (Å²) in [6.07, 6.45) is 3.05. The van der Waals surface area contributed by atoms with Crippen LogP contribution in [0.25, 0.3) is 34.4 Å². The maximum absolute atomic E-state index is 13.1. The molecule has 0 saturated carbocycles. The van der Waals surface area contributed by atoms with Crippen LogP contribution in [0.5, 0.6) is 0 Å². The second-order valence-electron chi connectivity index (χ2n) is 12.6. The third kappa shape index (κ3) is 3.88. The van der Waals surface area contributed by atoms with Gasteiger partial charge in [-0.3, -0.25) is 38.8 Å². The molecule has 2 heterocycles. The highest BCUT2D eigenvalue weighted by Crippen LogP contribution is 2.63. The number of barbiturate groups is 2. The van der Waals surface area contributed by atoms with Crippen molar-refractivity contribution in [2.24, 2.45) is 0 Å². The lowest BCUT2D eigenvalue weighted by Crippen LogP contribution is -2.52. The van der Waals surface area contributed by atoms with Gasteiger partial charge in [0.1, 0.15) is 11.1 Å². The molecule has 4 aromatic carbocycles. The molecule has 0 bridgehead atoms. The molecule has 1 spiro atoms. The summed E-state index contributed by atoms with van der Waals surface area (Å²) in [6.45, 7) is 0. The molecular weight excluding hydrogens is 620 g/mol. The molecule has 2 fully saturated rings. The number of fused-ring (bicyclic) bond motifs is 10. The first-order chi connectivity index (χ1) is 23.5. The highest BCUT2D eigenvalue weighted by molar-refractivity contribution is 6.31. The van der Waals surface area contributed by atoms with Gasteiger partial charge in [0.05, 0.1) is 5.41 Å². The van der Waals surface area contributed by atoms with Crippen LogP contribution in [-0.4, -0.2) is 83.5 Å². The lowest BCUT2D eigenvalue weighted by molar-refractivity contribution is -0.135. The summed E-state index contributed by atoms with van der Waals surface area (Å²) in [6, 6.07) is 26.6. The van der Waals surface area contributed by atoms with Gasteiger partial charge in [0.15, 0.2) is 0 Å². The van der Waals surface area contributed by atoms with E-state index in [0.717, 1.165) is 64.1 Å². The average Bonchev–Trinajstić information content (AvgIpc) is 3.58. The molecule has 10 heteroatoms. The zero-order valence-corrected chi connectivity index (χ0v) is 27.0. The van der Waals surface area contributed by atoms with Crippen LogP contribution in [0, 0.1) is 0 Å². The first kappa shape index (κ1) is 29.9. The molecule has 0 atom stereocenters. The third-order valence-corrected chi connectivity index (χ3v) is 10.0. The van der Waals surface area contributed by atoms with Crippen molar-refractivity contribution in [2.75, 3.05) is 28.2 Å². The predicted octanol–water partition coefficient (Wildman–Crippen LogP) is 4.90. The fourth-order valence-electron chi connectivity index (χ4n) is 7.64. The number of carbonyl (C=O) groups excluding carboxylic acids is 6. The lowest BCUT2D eigenvalue weighted by Gasteiger charge is -2.31. The molecule has 2 aliphatic carbocycles. The standard InChI is InChI=1S/C39H28N4O6/c1-40-33(44)27(34(45)41(2)37(40)48)17-21-13-15-25-26-16-14-22(18-28-35(46)42(3)38(49)43(4)36(28)47)20-32(26)39(31(25)19-21)29-11-7-5-9-23(29)24-10-6-8-12-30(24)39/h5-20H,1-4H3. The van der Waals surface area contributed by atoms with E-state index in [1.807, 2.05) is 60.7 Å². The zero-order valence-electron chi connectivity index (χ0n) is 27.0. The zero-order chi connectivity index (χ0) is 34.5. The summed E-state index contributed by atoms with van der Waals surface area (Å²) >= 11 is 0. The number of rotatable bonds is 2. The second-order valence-corrected chi connectivity index (χ2v) is 12.6. The van der Waals surface area contributed by atoms with E-state index in [0.29, 0.717) is 11.1 Å². The minimum Gasteiger partial charge on any atom is -0.268 e. The summed E-state index contributed by atoms with van der Waals surface area (Å²) in [5, 5.41) is 0. The first-order valence-corrected chi connectivity index (χ1v) is 15.6. The maximum Gasteiger partial charge on any atom is 0.333 e. The molecule has 8 rings (SSSR count). The van der Waals surface area contributed by atoms with Crippen molar-refractivity contribution >= 4 is 47.8 Å². The predicted molar refractivity (Wildman–Crippen MR) is 181 cm³/mol. The van der Waals surface area contributed by atoms with E-state index < -0.39 is 41.1 Å². The Hall–Kier alpha value is -6.42. The molecule has 0 N–H and O–H groups in total. The van der Waals surface area contributed by atoms with Crippen molar-refractivity contribution in [3.05, 3.63) is 129 Å². The van der Waals surface area contributed by atoms with Gasteiger partial charge in [0.25, 0.3) is 23.6 Å². The molecular formula is C39H28N4O6. The van der Waals surface area contributed by atoms with Crippen LogP contribution in [0.1, 0.15) is 33.4 Å². The Kier molecular flexibility index (Phi) is 6.29. The molecule has 0 radical (unpaired) electrons. The van der Waals surface area contributed by atoms with E-state index in [2.05, 4.69) is 24.3 Å². The van der Waals surface area contributed by atoms with Crippen molar-refractivity contribution in [1.29, 1.82) is 0 Å². The third-order valence-electron chi connectivity index (χ3n) is 10.0. The van der Waals surface area contributed by atoms with E-state index in [9.17, 15) is 28.8 Å². The van der Waals surface area contributed by atoms with Crippen LogP contribution in [0.4, 0.5) is 9.59 Å². The number of amides is 8. The Labute approximate surface area is 281 Å². The molecule has 240 valence electrons. The maximum atomic E-state index is 13.1. The van der Waals surface area contributed by atoms with Crippen molar-refractivity contribution in [1.82, 2.24) is 19.6 Å². The Balaban J connectivity index is 1.37. The fraction of sp³-hybridized carbons (Fsp3) is 0.128. The molecule has 8 amide bonds. The molecule has 4 aliphatic rings. The van der Waals surface area contributed by atoms with E-state index in [-0.39, 0.29) is 11.1 Å². The number of carbonyl (C=O) groups is 6. The lowest BCUT2D eigenvalue weighted by atomic mass is 9.70. The highest BCUT2D eigenvalue weighted by Gasteiger charge is 2.52. The molecule has 2 saturated heterocycles. The van der Waals surface area contributed by atoms with Crippen LogP contribution in [0.15, 0.2) is 96.1 Å². The number of likely N-dealkylation sites (N-methyl/N-ethyl adjacent to an activating group) is 4. The topological polar surface area (TPSA) is 115 Å². The van der Waals surface area contributed by atoms with Crippen molar-refractivity contribution in [2.45, 2.75) is 5.41 Å². The average molecular weight is 649 g/mol. The number of imide groups is 4. The van der Waals surface area contributed by atoms with E-state index in [1.165, 1.54) is 40.3 Å². The summed E-state index contributed by atoms with van der Waals surface area (Å²) in [5.41, 5.74) is 8.11. The van der Waals surface area contributed by atoms with Crippen LogP contribution in [-0.2, 0) is 24.6 Å². The number of nitrogens with zero attached hydrogens (tertiary/aromatic N) is 4. The van der Waals surface area contributed by atoms with E-state index >= 15 is 0 Å². The Bertz CT molecular complexity index is 2120. The van der Waals surface area contributed by atoms with Crippen molar-refractivity contribution in [3.63, 3.8) is 0 Å². The molecule has 4 aromatic rings. The summed E-state index contributed by atoms with van der Waals surface area (Å²) in [5.74, 6) is -2.70. The van der Waals surface area contributed by atoms with Crippen molar-refractivity contribution < 1.29 is 28.8 Å². The number of hydrogen-bond acceptors (Lipinski definition) is 6. The highest BCUT2D eigenvalue weighted by atomic mass is 16.2. The van der Waals surface area contributed by atoms with Gasteiger partial charge in [-0.15, -0.1) is 0 Å².